The van der Waals surface area contributed by atoms with Crippen molar-refractivity contribution < 1.29 is 9.53 Å². The Balaban J connectivity index is 1.35. The van der Waals surface area contributed by atoms with Crippen LogP contribution in [0, 0.1) is 29.1 Å². The minimum absolute atomic E-state index is 0.0605. The minimum atomic E-state index is -0.0605. The second-order valence-electron chi connectivity index (χ2n) is 9.03. The second kappa shape index (κ2) is 5.83. The van der Waals surface area contributed by atoms with Gasteiger partial charge in [-0.2, -0.15) is 0 Å². The maximum atomic E-state index is 12.9. The highest BCUT2D eigenvalue weighted by atomic mass is 16.5. The lowest BCUT2D eigenvalue weighted by molar-refractivity contribution is -0.178. The normalized spacial score (nSPS) is 46.7. The number of ether oxygens (including phenoxy) is 1. The number of hydrogen-bond acceptors (Lipinski definition) is 2. The van der Waals surface area contributed by atoms with Crippen LogP contribution in [0.1, 0.15) is 84.0 Å². The van der Waals surface area contributed by atoms with Crippen LogP contribution in [0.3, 0.4) is 0 Å². The molecule has 5 fully saturated rings. The van der Waals surface area contributed by atoms with Gasteiger partial charge in [0.2, 0.25) is 0 Å². The summed E-state index contributed by atoms with van der Waals surface area (Å²) in [5.74, 6) is 3.59. The Labute approximate surface area is 135 Å². The van der Waals surface area contributed by atoms with E-state index in [-0.39, 0.29) is 17.5 Å². The molecule has 0 N–H and O–H groups in total. The van der Waals surface area contributed by atoms with E-state index in [1.807, 2.05) is 0 Å². The first-order chi connectivity index (χ1) is 10.7. The maximum Gasteiger partial charge on any atom is 0.312 e. The lowest BCUT2D eigenvalue weighted by Gasteiger charge is -2.55. The molecule has 124 valence electrons. The van der Waals surface area contributed by atoms with E-state index in [9.17, 15) is 4.79 Å². The number of esters is 1. The molecule has 0 spiro atoms. The van der Waals surface area contributed by atoms with Crippen molar-refractivity contribution in [3.8, 4) is 0 Å². The van der Waals surface area contributed by atoms with E-state index in [1.54, 1.807) is 0 Å². The quantitative estimate of drug-likeness (QED) is 0.675. The van der Waals surface area contributed by atoms with Crippen molar-refractivity contribution in [3.05, 3.63) is 0 Å². The third-order valence-electron chi connectivity index (χ3n) is 7.24. The van der Waals surface area contributed by atoms with Gasteiger partial charge in [-0.25, -0.2) is 0 Å². The number of carbonyl (C=O) groups excluding carboxylic acids is 1. The Morgan fingerprint density at radius 1 is 0.955 bits per heavy atom. The van der Waals surface area contributed by atoms with E-state index in [1.165, 1.54) is 44.9 Å². The van der Waals surface area contributed by atoms with E-state index in [0.29, 0.717) is 0 Å². The number of rotatable bonds is 4. The molecule has 22 heavy (non-hydrogen) atoms. The molecule has 0 aromatic carbocycles. The van der Waals surface area contributed by atoms with Crippen molar-refractivity contribution in [2.45, 2.75) is 90.1 Å². The summed E-state index contributed by atoms with van der Waals surface area (Å²) < 4.78 is 6.06. The van der Waals surface area contributed by atoms with Crippen molar-refractivity contribution in [3.63, 3.8) is 0 Å². The zero-order valence-electron chi connectivity index (χ0n) is 14.2. The first kappa shape index (κ1) is 15.0. The predicted molar refractivity (Wildman–Crippen MR) is 87.4 cm³/mol. The van der Waals surface area contributed by atoms with E-state index >= 15 is 0 Å². The molecule has 0 saturated heterocycles. The SMILES string of the molecule is CCCC1CCC(OC(=O)C23CC4CC(CC(C4)C2)C3)CC1. The van der Waals surface area contributed by atoms with Gasteiger partial charge in [-0.3, -0.25) is 4.79 Å². The van der Waals surface area contributed by atoms with Crippen molar-refractivity contribution in [2.24, 2.45) is 29.1 Å². The molecule has 0 atom stereocenters. The Hall–Kier alpha value is -0.530. The lowest BCUT2D eigenvalue weighted by Crippen LogP contribution is -2.51. The van der Waals surface area contributed by atoms with Crippen molar-refractivity contribution >= 4 is 5.97 Å². The molecule has 5 aliphatic carbocycles. The van der Waals surface area contributed by atoms with Crippen molar-refractivity contribution in [2.75, 3.05) is 0 Å². The van der Waals surface area contributed by atoms with Crippen LogP contribution in [-0.2, 0) is 9.53 Å². The molecule has 0 aromatic heterocycles. The molecule has 0 aromatic rings. The van der Waals surface area contributed by atoms with Gasteiger partial charge in [0.1, 0.15) is 6.10 Å². The Kier molecular flexibility index (Phi) is 3.98. The molecule has 4 bridgehead atoms. The highest BCUT2D eigenvalue weighted by Gasteiger charge is 2.55. The molecule has 5 rings (SSSR count). The van der Waals surface area contributed by atoms with Gasteiger partial charge in [0, 0.05) is 0 Å². The molecule has 5 saturated carbocycles. The van der Waals surface area contributed by atoms with Crippen molar-refractivity contribution in [1.29, 1.82) is 0 Å². The molecule has 0 aliphatic heterocycles. The molecule has 0 radical (unpaired) electrons. The molecule has 5 aliphatic rings. The van der Waals surface area contributed by atoms with Crippen molar-refractivity contribution in [1.82, 2.24) is 0 Å². The van der Waals surface area contributed by atoms with Crippen LogP contribution in [0.15, 0.2) is 0 Å². The van der Waals surface area contributed by atoms with Gasteiger partial charge >= 0.3 is 5.97 Å². The second-order valence-corrected chi connectivity index (χ2v) is 9.03. The van der Waals surface area contributed by atoms with Crippen LogP contribution in [0.25, 0.3) is 0 Å². The number of carbonyl (C=O) groups is 1. The predicted octanol–water partition coefficient (Wildman–Crippen LogP) is 5.10. The summed E-state index contributed by atoms with van der Waals surface area (Å²) in [6.07, 6.45) is 15.3. The largest absolute Gasteiger partial charge is 0.462 e. The van der Waals surface area contributed by atoms with Gasteiger partial charge in [0.15, 0.2) is 0 Å². The van der Waals surface area contributed by atoms with Crippen LogP contribution >= 0.6 is 0 Å². The van der Waals surface area contributed by atoms with Gasteiger partial charge in [-0.15, -0.1) is 0 Å². The molecule has 2 nitrogen and oxygen atoms in total. The van der Waals surface area contributed by atoms with Crippen LogP contribution in [0.5, 0.6) is 0 Å². The monoisotopic (exact) mass is 304 g/mol. The summed E-state index contributed by atoms with van der Waals surface area (Å²) in [4.78, 5) is 12.9. The first-order valence-corrected chi connectivity index (χ1v) is 9.88. The Bertz CT molecular complexity index is 384. The van der Waals surface area contributed by atoms with Crippen LogP contribution in [-0.4, -0.2) is 12.1 Å². The van der Waals surface area contributed by atoms with Gasteiger partial charge in [0.25, 0.3) is 0 Å². The summed E-state index contributed by atoms with van der Waals surface area (Å²) in [6.45, 7) is 2.28. The lowest BCUT2D eigenvalue weighted by atomic mass is 9.49. The molecular formula is C20H32O2. The topological polar surface area (TPSA) is 26.3 Å². The van der Waals surface area contributed by atoms with Crippen LogP contribution in [0.2, 0.25) is 0 Å². The summed E-state index contributed by atoms with van der Waals surface area (Å²) >= 11 is 0. The first-order valence-electron chi connectivity index (χ1n) is 9.88. The van der Waals surface area contributed by atoms with Gasteiger partial charge in [-0.1, -0.05) is 19.8 Å². The van der Waals surface area contributed by atoms with E-state index in [2.05, 4.69) is 6.92 Å². The van der Waals surface area contributed by atoms with Crippen LogP contribution < -0.4 is 0 Å². The molecule has 0 amide bonds. The summed E-state index contributed by atoms with van der Waals surface area (Å²) in [6, 6.07) is 0. The highest BCUT2D eigenvalue weighted by Crippen LogP contribution is 2.60. The average molecular weight is 304 g/mol. The fourth-order valence-electron chi connectivity index (χ4n) is 6.58. The molecule has 2 heteroatoms. The Morgan fingerprint density at radius 3 is 2.00 bits per heavy atom. The summed E-state index contributed by atoms with van der Waals surface area (Å²) in [7, 11) is 0. The Morgan fingerprint density at radius 2 is 1.50 bits per heavy atom. The van der Waals surface area contributed by atoms with E-state index in [4.69, 9.17) is 4.74 Å². The van der Waals surface area contributed by atoms with Crippen LogP contribution in [0.4, 0.5) is 0 Å². The fourth-order valence-corrected chi connectivity index (χ4v) is 6.58. The fraction of sp³-hybridized carbons (Fsp3) is 0.950. The van der Waals surface area contributed by atoms with Gasteiger partial charge in [0.05, 0.1) is 5.41 Å². The van der Waals surface area contributed by atoms with Gasteiger partial charge in [-0.05, 0) is 87.9 Å². The highest BCUT2D eigenvalue weighted by molar-refractivity contribution is 5.77. The maximum absolute atomic E-state index is 12.9. The molecular weight excluding hydrogens is 272 g/mol. The summed E-state index contributed by atoms with van der Waals surface area (Å²) in [5, 5.41) is 0. The van der Waals surface area contributed by atoms with Gasteiger partial charge < -0.3 is 4.74 Å². The standard InChI is InChI=1S/C20H32O2/c1-2-3-14-4-6-18(7-5-14)22-19(21)20-11-15-8-16(12-20)10-17(9-15)13-20/h14-18H,2-13H2,1H3. The minimum Gasteiger partial charge on any atom is -0.462 e. The number of hydrogen-bond donors (Lipinski definition) is 0. The van der Waals surface area contributed by atoms with E-state index < -0.39 is 0 Å². The average Bonchev–Trinajstić information content (AvgIpc) is 2.48. The zero-order valence-corrected chi connectivity index (χ0v) is 14.2. The molecule has 0 heterocycles. The summed E-state index contributed by atoms with van der Waals surface area (Å²) in [5.41, 5.74) is -0.0605. The third-order valence-corrected chi connectivity index (χ3v) is 7.24. The molecule has 0 unspecified atom stereocenters. The van der Waals surface area contributed by atoms with E-state index in [0.717, 1.165) is 55.8 Å². The third kappa shape index (κ3) is 2.71. The zero-order chi connectivity index (χ0) is 15.2. The smallest absolute Gasteiger partial charge is 0.312 e.